The summed E-state index contributed by atoms with van der Waals surface area (Å²) in [5, 5.41) is 10.2. The van der Waals surface area contributed by atoms with Gasteiger partial charge in [0.05, 0.1) is 23.9 Å². The van der Waals surface area contributed by atoms with Gasteiger partial charge in [-0.3, -0.25) is 0 Å². The van der Waals surface area contributed by atoms with Crippen LogP contribution in [-0.2, 0) is 6.54 Å². The number of ether oxygens (including phenoxy) is 1. The van der Waals surface area contributed by atoms with Crippen LogP contribution in [0.15, 0.2) is 36.7 Å². The topological polar surface area (TPSA) is 47.3 Å². The Morgan fingerprint density at radius 1 is 1.17 bits per heavy atom. The molecule has 1 N–H and O–H groups in total. The van der Waals surface area contributed by atoms with Crippen LogP contribution in [0, 0.1) is 25.5 Å². The number of fused-ring (bicyclic) bond motifs is 1. The summed E-state index contributed by atoms with van der Waals surface area (Å²) in [5.41, 5.74) is 2.83. The first-order valence-electron chi connectivity index (χ1n) is 7.62. The van der Waals surface area contributed by atoms with Crippen molar-refractivity contribution in [3.63, 3.8) is 0 Å². The van der Waals surface area contributed by atoms with Gasteiger partial charge in [0.1, 0.15) is 18.5 Å². The number of halogens is 2. The van der Waals surface area contributed by atoms with Crippen LogP contribution in [0.1, 0.15) is 11.1 Å². The zero-order valence-corrected chi connectivity index (χ0v) is 13.5. The first-order chi connectivity index (χ1) is 11.4. The van der Waals surface area contributed by atoms with Crippen molar-refractivity contribution in [3.05, 3.63) is 59.4 Å². The molecule has 1 unspecified atom stereocenters. The predicted molar refractivity (Wildman–Crippen MR) is 87.1 cm³/mol. The molecule has 1 atom stereocenters. The molecular formula is C18H18F2N2O2. The minimum Gasteiger partial charge on any atom is -0.491 e. The molecule has 1 heterocycles. The largest absolute Gasteiger partial charge is 0.491 e. The third kappa shape index (κ3) is 3.38. The zero-order valence-electron chi connectivity index (χ0n) is 13.5. The maximum Gasteiger partial charge on any atom is 0.161 e. The quantitative estimate of drug-likeness (QED) is 0.779. The number of hydrogen-bond acceptors (Lipinski definition) is 3. The summed E-state index contributed by atoms with van der Waals surface area (Å²) in [6, 6.07) is 7.98. The van der Waals surface area contributed by atoms with Crippen LogP contribution < -0.4 is 4.74 Å². The molecule has 0 bridgehead atoms. The SMILES string of the molecule is Cc1ccc(C)c(OCC(O)Cn2cnc3cc(F)c(F)cc32)c1. The molecule has 0 fully saturated rings. The first-order valence-corrected chi connectivity index (χ1v) is 7.62. The van der Waals surface area contributed by atoms with E-state index in [2.05, 4.69) is 4.98 Å². The van der Waals surface area contributed by atoms with Crippen LogP contribution in [0.3, 0.4) is 0 Å². The van der Waals surface area contributed by atoms with Crippen molar-refractivity contribution in [2.45, 2.75) is 26.5 Å². The Balaban J connectivity index is 1.70. The van der Waals surface area contributed by atoms with Crippen LogP contribution >= 0.6 is 0 Å². The summed E-state index contributed by atoms with van der Waals surface area (Å²) >= 11 is 0. The third-order valence-electron chi connectivity index (χ3n) is 3.85. The normalized spacial score (nSPS) is 12.5. The maximum absolute atomic E-state index is 13.4. The molecule has 1 aromatic heterocycles. The minimum atomic E-state index is -0.939. The minimum absolute atomic E-state index is 0.0909. The van der Waals surface area contributed by atoms with Crippen LogP contribution in [0.2, 0.25) is 0 Å². The highest BCUT2D eigenvalue weighted by atomic mass is 19.2. The van der Waals surface area contributed by atoms with E-state index in [1.807, 2.05) is 32.0 Å². The smallest absolute Gasteiger partial charge is 0.161 e. The molecule has 2 aromatic carbocycles. The molecule has 0 radical (unpaired) electrons. The molecule has 126 valence electrons. The van der Waals surface area contributed by atoms with Gasteiger partial charge in [0.2, 0.25) is 0 Å². The molecule has 0 spiro atoms. The summed E-state index contributed by atoms with van der Waals surface area (Å²) < 4.78 is 33.8. The van der Waals surface area contributed by atoms with E-state index in [4.69, 9.17) is 4.74 Å². The monoisotopic (exact) mass is 332 g/mol. The number of rotatable bonds is 5. The molecule has 0 saturated carbocycles. The van der Waals surface area contributed by atoms with E-state index in [0.717, 1.165) is 29.0 Å². The lowest BCUT2D eigenvalue weighted by atomic mass is 10.1. The molecule has 6 heteroatoms. The highest BCUT2D eigenvalue weighted by molar-refractivity contribution is 5.75. The number of nitrogens with zero attached hydrogens (tertiary/aromatic N) is 2. The van der Waals surface area contributed by atoms with Gasteiger partial charge >= 0.3 is 0 Å². The Kier molecular flexibility index (Phi) is 4.49. The van der Waals surface area contributed by atoms with Crippen molar-refractivity contribution < 1.29 is 18.6 Å². The molecule has 0 aliphatic rings. The molecule has 4 nitrogen and oxygen atoms in total. The van der Waals surface area contributed by atoms with Gasteiger partial charge in [-0.2, -0.15) is 0 Å². The van der Waals surface area contributed by atoms with Crippen LogP contribution in [0.5, 0.6) is 5.75 Å². The van der Waals surface area contributed by atoms with Gasteiger partial charge < -0.3 is 14.4 Å². The standard InChI is InChI=1S/C18H18F2N2O2/c1-11-3-4-12(2)18(5-11)24-9-13(23)8-22-10-21-16-6-14(19)15(20)7-17(16)22/h3-7,10,13,23H,8-9H2,1-2H3. The van der Waals surface area contributed by atoms with Gasteiger partial charge in [-0.1, -0.05) is 12.1 Å². The van der Waals surface area contributed by atoms with Gasteiger partial charge in [-0.05, 0) is 31.0 Å². The van der Waals surface area contributed by atoms with Gasteiger partial charge in [0, 0.05) is 12.1 Å². The molecular weight excluding hydrogens is 314 g/mol. The van der Waals surface area contributed by atoms with Crippen LogP contribution in [-0.4, -0.2) is 27.4 Å². The Morgan fingerprint density at radius 2 is 1.92 bits per heavy atom. The fourth-order valence-corrected chi connectivity index (χ4v) is 2.53. The van der Waals surface area contributed by atoms with E-state index in [-0.39, 0.29) is 13.2 Å². The molecule has 0 saturated heterocycles. The molecule has 0 aliphatic carbocycles. The Morgan fingerprint density at radius 3 is 2.71 bits per heavy atom. The molecule has 24 heavy (non-hydrogen) atoms. The van der Waals surface area contributed by atoms with E-state index < -0.39 is 17.7 Å². The summed E-state index contributed by atoms with van der Waals surface area (Å²) in [7, 11) is 0. The second-order valence-electron chi connectivity index (χ2n) is 5.89. The van der Waals surface area contributed by atoms with E-state index >= 15 is 0 Å². The van der Waals surface area contributed by atoms with Crippen molar-refractivity contribution >= 4 is 11.0 Å². The first kappa shape index (κ1) is 16.4. The number of benzene rings is 2. The highest BCUT2D eigenvalue weighted by Gasteiger charge is 2.13. The van der Waals surface area contributed by atoms with Crippen molar-refractivity contribution in [3.8, 4) is 5.75 Å². The number of aryl methyl sites for hydroxylation is 2. The van der Waals surface area contributed by atoms with Gasteiger partial charge in [-0.15, -0.1) is 0 Å². The van der Waals surface area contributed by atoms with Crippen LogP contribution in [0.4, 0.5) is 8.78 Å². The fraction of sp³-hybridized carbons (Fsp3) is 0.278. The Bertz CT molecular complexity index is 877. The summed E-state index contributed by atoms with van der Waals surface area (Å²) in [6.45, 7) is 4.16. The Hall–Kier alpha value is -2.47. The molecule has 0 amide bonds. The van der Waals surface area contributed by atoms with Crippen molar-refractivity contribution in [2.24, 2.45) is 0 Å². The summed E-state index contributed by atoms with van der Waals surface area (Å²) in [4.78, 5) is 4.02. The lowest BCUT2D eigenvalue weighted by molar-refractivity contribution is 0.0930. The van der Waals surface area contributed by atoms with Crippen molar-refractivity contribution in [2.75, 3.05) is 6.61 Å². The van der Waals surface area contributed by atoms with Gasteiger partial charge in [-0.25, -0.2) is 13.8 Å². The lowest BCUT2D eigenvalue weighted by Crippen LogP contribution is -2.23. The predicted octanol–water partition coefficient (Wildman–Crippen LogP) is 3.37. The number of aliphatic hydroxyl groups is 1. The summed E-state index contributed by atoms with van der Waals surface area (Å²) in [5.74, 6) is -1.16. The number of aliphatic hydroxyl groups excluding tert-OH is 1. The van der Waals surface area contributed by atoms with E-state index in [9.17, 15) is 13.9 Å². The Labute approximate surface area is 138 Å². The van der Waals surface area contributed by atoms with Crippen LogP contribution in [0.25, 0.3) is 11.0 Å². The third-order valence-corrected chi connectivity index (χ3v) is 3.85. The summed E-state index contributed by atoms with van der Waals surface area (Å²) in [6.07, 6.45) is 0.639. The van der Waals surface area contributed by atoms with Crippen molar-refractivity contribution in [1.29, 1.82) is 0 Å². The number of imidazole rings is 1. The fourth-order valence-electron chi connectivity index (χ4n) is 2.53. The lowest BCUT2D eigenvalue weighted by Gasteiger charge is -2.15. The van der Waals surface area contributed by atoms with Crippen molar-refractivity contribution in [1.82, 2.24) is 9.55 Å². The second-order valence-corrected chi connectivity index (χ2v) is 5.89. The molecule has 3 aromatic rings. The maximum atomic E-state index is 13.4. The number of aromatic nitrogens is 2. The van der Waals surface area contributed by atoms with Gasteiger partial charge in [0.15, 0.2) is 11.6 Å². The zero-order chi connectivity index (χ0) is 17.3. The number of hydrogen-bond donors (Lipinski definition) is 1. The van der Waals surface area contributed by atoms with E-state index in [1.54, 1.807) is 4.57 Å². The highest BCUT2D eigenvalue weighted by Crippen LogP contribution is 2.20. The van der Waals surface area contributed by atoms with Gasteiger partial charge in [0.25, 0.3) is 0 Å². The molecule has 3 rings (SSSR count). The average Bonchev–Trinajstić information content (AvgIpc) is 2.91. The van der Waals surface area contributed by atoms with E-state index in [1.165, 1.54) is 6.33 Å². The average molecular weight is 332 g/mol. The molecule has 0 aliphatic heterocycles. The van der Waals surface area contributed by atoms with E-state index in [0.29, 0.717) is 11.0 Å². The second kappa shape index (κ2) is 6.57.